The van der Waals surface area contributed by atoms with Crippen LogP contribution in [0.3, 0.4) is 0 Å². The minimum absolute atomic E-state index is 0.104. The van der Waals surface area contributed by atoms with Crippen molar-refractivity contribution in [1.29, 1.82) is 0 Å². The zero-order valence-electron chi connectivity index (χ0n) is 16.6. The molecule has 1 heterocycles. The number of methoxy groups -OCH3 is 1. The van der Waals surface area contributed by atoms with E-state index < -0.39 is 0 Å². The minimum atomic E-state index is -0.389. The van der Waals surface area contributed by atoms with Crippen molar-refractivity contribution in [2.45, 2.75) is 42.7 Å². The first-order valence-electron chi connectivity index (χ1n) is 9.81. The lowest BCUT2D eigenvalue weighted by Crippen LogP contribution is -2.22. The number of nitrogens with zero attached hydrogens (tertiary/aromatic N) is 3. The van der Waals surface area contributed by atoms with Gasteiger partial charge in [-0.2, -0.15) is 0 Å². The normalized spacial score (nSPS) is 16.5. The Hall–Kier alpha value is -2.87. The van der Waals surface area contributed by atoms with Crippen LogP contribution in [0.2, 0.25) is 0 Å². The first kappa shape index (κ1) is 20.4. The van der Waals surface area contributed by atoms with Crippen LogP contribution in [-0.4, -0.2) is 32.9 Å². The molecule has 6 nitrogen and oxygen atoms in total. The van der Waals surface area contributed by atoms with Gasteiger partial charge in [0.2, 0.25) is 0 Å². The second kappa shape index (κ2) is 9.30. The van der Waals surface area contributed by atoms with Gasteiger partial charge in [0, 0.05) is 6.42 Å². The molecule has 0 saturated heterocycles. The molecule has 0 spiro atoms. The molecule has 8 heteroatoms. The van der Waals surface area contributed by atoms with Gasteiger partial charge in [-0.1, -0.05) is 30.3 Å². The lowest BCUT2D eigenvalue weighted by Gasteiger charge is -2.20. The van der Waals surface area contributed by atoms with Crippen LogP contribution in [0.4, 0.5) is 4.39 Å². The van der Waals surface area contributed by atoms with E-state index in [0.29, 0.717) is 28.8 Å². The van der Waals surface area contributed by atoms with E-state index in [-0.39, 0.29) is 23.5 Å². The first-order chi connectivity index (χ1) is 14.7. The summed E-state index contributed by atoms with van der Waals surface area (Å²) in [4.78, 5) is 12.3. The third-order valence-electron chi connectivity index (χ3n) is 4.97. The molecule has 0 bridgehead atoms. The first-order valence-corrected chi connectivity index (χ1v) is 10.7. The lowest BCUT2D eigenvalue weighted by molar-refractivity contribution is -0.119. The number of thioether (sulfide) groups is 1. The zero-order valence-corrected chi connectivity index (χ0v) is 17.4. The molecule has 2 aromatic carbocycles. The number of hydrogen-bond donors (Lipinski definition) is 0. The number of rotatable bonds is 7. The highest BCUT2D eigenvalue weighted by Crippen LogP contribution is 2.33. The third kappa shape index (κ3) is 4.48. The summed E-state index contributed by atoms with van der Waals surface area (Å²) in [5, 5.41) is 8.81. The number of carbonyl (C=O) groups excluding carboxylic acids is 1. The highest BCUT2D eigenvalue weighted by atomic mass is 32.2. The van der Waals surface area contributed by atoms with Gasteiger partial charge in [0.15, 0.2) is 11.0 Å². The zero-order chi connectivity index (χ0) is 20.9. The van der Waals surface area contributed by atoms with Crippen molar-refractivity contribution < 1.29 is 18.7 Å². The number of aromatic nitrogens is 3. The molecule has 1 aromatic heterocycles. The number of ketones is 1. The summed E-state index contributed by atoms with van der Waals surface area (Å²) in [6, 6.07) is 13.6. The number of halogens is 1. The topological polar surface area (TPSA) is 66.2 Å². The van der Waals surface area contributed by atoms with E-state index in [2.05, 4.69) is 10.2 Å². The van der Waals surface area contributed by atoms with Crippen LogP contribution in [0.5, 0.6) is 11.5 Å². The quantitative estimate of drug-likeness (QED) is 0.549. The molecule has 156 valence electrons. The number of ether oxygens (including phenoxy) is 2. The van der Waals surface area contributed by atoms with Gasteiger partial charge in [0.05, 0.1) is 18.0 Å². The van der Waals surface area contributed by atoms with E-state index in [1.165, 1.54) is 17.8 Å². The molecule has 30 heavy (non-hydrogen) atoms. The Morgan fingerprint density at radius 1 is 1.10 bits per heavy atom. The fraction of sp³-hybridized carbons (Fsp3) is 0.318. The Labute approximate surface area is 178 Å². The molecule has 1 aliphatic rings. The monoisotopic (exact) mass is 427 g/mol. The van der Waals surface area contributed by atoms with Crippen LogP contribution < -0.4 is 9.47 Å². The van der Waals surface area contributed by atoms with E-state index in [0.717, 1.165) is 25.0 Å². The highest BCUT2D eigenvalue weighted by Gasteiger charge is 2.27. The van der Waals surface area contributed by atoms with Crippen LogP contribution in [0, 0.1) is 5.82 Å². The molecule has 0 amide bonds. The van der Waals surface area contributed by atoms with E-state index in [9.17, 15) is 9.18 Å². The summed E-state index contributed by atoms with van der Waals surface area (Å²) in [6.45, 7) is 0.104. The van der Waals surface area contributed by atoms with Crippen LogP contribution in [0.15, 0.2) is 53.7 Å². The summed E-state index contributed by atoms with van der Waals surface area (Å²) >= 11 is 1.35. The number of carbonyl (C=O) groups is 1. The van der Waals surface area contributed by atoms with E-state index in [1.54, 1.807) is 54.1 Å². The van der Waals surface area contributed by atoms with E-state index >= 15 is 0 Å². The molecule has 1 saturated carbocycles. The summed E-state index contributed by atoms with van der Waals surface area (Å²) < 4.78 is 27.2. The second-order valence-electron chi connectivity index (χ2n) is 6.97. The molecule has 0 aliphatic heterocycles. The fourth-order valence-electron chi connectivity index (χ4n) is 3.37. The molecular weight excluding hydrogens is 405 g/mol. The number of hydrogen-bond acceptors (Lipinski definition) is 6. The Balaban J connectivity index is 1.61. The van der Waals surface area contributed by atoms with Gasteiger partial charge in [-0.25, -0.2) is 4.39 Å². The minimum Gasteiger partial charge on any atom is -0.497 e. The van der Waals surface area contributed by atoms with Crippen LogP contribution in [0.25, 0.3) is 5.69 Å². The van der Waals surface area contributed by atoms with Crippen LogP contribution >= 0.6 is 11.8 Å². The van der Waals surface area contributed by atoms with Crippen LogP contribution in [-0.2, 0) is 11.4 Å². The highest BCUT2D eigenvalue weighted by molar-refractivity contribution is 8.00. The molecule has 1 aliphatic carbocycles. The molecule has 1 atom stereocenters. The summed E-state index contributed by atoms with van der Waals surface area (Å²) in [6.07, 6.45) is 3.31. The second-order valence-corrected chi connectivity index (χ2v) is 8.14. The van der Waals surface area contributed by atoms with Crippen molar-refractivity contribution in [3.8, 4) is 17.2 Å². The Morgan fingerprint density at radius 2 is 1.87 bits per heavy atom. The van der Waals surface area contributed by atoms with Crippen molar-refractivity contribution in [2.24, 2.45) is 0 Å². The Morgan fingerprint density at radius 3 is 2.60 bits per heavy atom. The maximum atomic E-state index is 14.6. The van der Waals surface area contributed by atoms with Crippen molar-refractivity contribution in [1.82, 2.24) is 14.8 Å². The maximum Gasteiger partial charge on any atom is 0.196 e. The van der Waals surface area contributed by atoms with E-state index in [1.807, 2.05) is 0 Å². The molecule has 1 fully saturated rings. The third-order valence-corrected chi connectivity index (χ3v) is 6.23. The molecule has 0 N–H and O–H groups in total. The van der Waals surface area contributed by atoms with Gasteiger partial charge in [0.1, 0.15) is 29.7 Å². The van der Waals surface area contributed by atoms with Gasteiger partial charge in [-0.05, 0) is 49.2 Å². The standard InChI is InChI=1S/C22H22FN3O3S/c1-28-15-10-12-16(13-11-15)29-14-21-24-25-22(30-20-9-5-4-8-19(20)27)26(21)18-7-3-2-6-17(18)23/h2-3,6-7,10-13,20H,4-5,8-9,14H2,1H3/t20-/m1/s1. The van der Waals surface area contributed by atoms with Gasteiger partial charge >= 0.3 is 0 Å². The molecule has 0 unspecified atom stereocenters. The Bertz CT molecular complexity index is 1020. The molecule has 0 radical (unpaired) electrons. The summed E-state index contributed by atoms with van der Waals surface area (Å²) in [7, 11) is 1.60. The van der Waals surface area contributed by atoms with Crippen molar-refractivity contribution in [2.75, 3.05) is 7.11 Å². The predicted octanol–water partition coefficient (Wildman–Crippen LogP) is 4.60. The number of para-hydroxylation sites is 1. The van der Waals surface area contributed by atoms with Gasteiger partial charge < -0.3 is 9.47 Å². The maximum absolute atomic E-state index is 14.6. The molecule has 3 aromatic rings. The van der Waals surface area contributed by atoms with Crippen molar-refractivity contribution >= 4 is 17.5 Å². The average Bonchev–Trinajstić information content (AvgIpc) is 3.17. The van der Waals surface area contributed by atoms with Gasteiger partial charge in [0.25, 0.3) is 0 Å². The average molecular weight is 428 g/mol. The predicted molar refractivity (Wildman–Crippen MR) is 112 cm³/mol. The SMILES string of the molecule is COc1ccc(OCc2nnc(S[C@@H]3CCCCC3=O)n2-c2ccccc2F)cc1. The number of benzene rings is 2. The smallest absolute Gasteiger partial charge is 0.196 e. The summed E-state index contributed by atoms with van der Waals surface area (Å²) in [5.41, 5.74) is 0.335. The summed E-state index contributed by atoms with van der Waals surface area (Å²) in [5.74, 6) is 1.65. The van der Waals surface area contributed by atoms with Crippen LogP contribution in [0.1, 0.15) is 31.5 Å². The number of Topliss-reactive ketones (excluding diaryl/α,β-unsaturated/α-hetero) is 1. The van der Waals surface area contributed by atoms with E-state index in [4.69, 9.17) is 9.47 Å². The van der Waals surface area contributed by atoms with Gasteiger partial charge in [-0.3, -0.25) is 9.36 Å². The molecular formula is C22H22FN3O3S. The lowest BCUT2D eigenvalue weighted by atomic mass is 9.99. The fourth-order valence-corrected chi connectivity index (χ4v) is 4.55. The van der Waals surface area contributed by atoms with Crippen molar-refractivity contribution in [3.05, 3.63) is 60.2 Å². The van der Waals surface area contributed by atoms with Crippen molar-refractivity contribution in [3.63, 3.8) is 0 Å². The molecule has 4 rings (SSSR count). The Kier molecular flexibility index (Phi) is 6.32. The van der Waals surface area contributed by atoms with Gasteiger partial charge in [-0.15, -0.1) is 10.2 Å². The largest absolute Gasteiger partial charge is 0.497 e.